The van der Waals surface area contributed by atoms with Crippen LogP contribution in [0, 0.1) is 0 Å². The predicted molar refractivity (Wildman–Crippen MR) is 71.6 cm³/mol. The molecule has 1 aliphatic heterocycles. The molecule has 1 unspecified atom stereocenters. The number of piperazine rings is 1. The van der Waals surface area contributed by atoms with Crippen LogP contribution in [0.25, 0.3) is 0 Å². The van der Waals surface area contributed by atoms with Crippen LogP contribution >= 0.6 is 0 Å². The first kappa shape index (κ1) is 15.2. The molecule has 0 bridgehead atoms. The second-order valence-electron chi connectivity index (χ2n) is 4.87. The highest BCUT2D eigenvalue weighted by Gasteiger charge is 2.26. The van der Waals surface area contributed by atoms with Crippen molar-refractivity contribution >= 4 is 12.0 Å². The molecule has 0 aliphatic carbocycles. The Morgan fingerprint density at radius 1 is 1.43 bits per heavy atom. The fraction of sp³-hybridized carbons (Fsp3) is 0.667. The maximum atomic E-state index is 12.0. The van der Waals surface area contributed by atoms with Crippen molar-refractivity contribution in [1.82, 2.24) is 25.3 Å². The average Bonchev–Trinajstić information content (AvgIpc) is 2.99. The molecule has 1 aromatic rings. The predicted octanol–water partition coefficient (Wildman–Crippen LogP) is -0.588. The van der Waals surface area contributed by atoms with Gasteiger partial charge in [0, 0.05) is 39.1 Å². The van der Waals surface area contributed by atoms with Gasteiger partial charge >= 0.3 is 12.0 Å². The maximum Gasteiger partial charge on any atom is 0.320 e. The quantitative estimate of drug-likeness (QED) is 0.747. The Morgan fingerprint density at radius 3 is 2.71 bits per heavy atom. The number of nitrogens with zero attached hydrogens (tertiary/aromatic N) is 4. The Balaban J connectivity index is 1.69. The molecule has 116 valence electrons. The first-order valence-corrected chi connectivity index (χ1v) is 6.83. The minimum Gasteiger partial charge on any atom is -0.480 e. The third kappa shape index (κ3) is 4.15. The summed E-state index contributed by atoms with van der Waals surface area (Å²) in [6.45, 7) is 4.25. The van der Waals surface area contributed by atoms with Gasteiger partial charge in [-0.2, -0.15) is 4.98 Å². The van der Waals surface area contributed by atoms with Crippen molar-refractivity contribution in [3.05, 3.63) is 12.2 Å². The molecule has 2 rings (SSSR count). The molecule has 21 heavy (non-hydrogen) atoms. The number of amides is 2. The van der Waals surface area contributed by atoms with Crippen molar-refractivity contribution in [1.29, 1.82) is 0 Å². The van der Waals surface area contributed by atoms with Gasteiger partial charge in [-0.3, -0.25) is 9.69 Å². The van der Waals surface area contributed by atoms with E-state index in [1.54, 1.807) is 11.8 Å². The van der Waals surface area contributed by atoms with E-state index in [0.29, 0.717) is 45.0 Å². The molecule has 1 saturated heterocycles. The second kappa shape index (κ2) is 7.02. The summed E-state index contributed by atoms with van der Waals surface area (Å²) >= 11 is 0. The summed E-state index contributed by atoms with van der Waals surface area (Å²) in [5.74, 6) is -0.289. The summed E-state index contributed by atoms with van der Waals surface area (Å²) in [5.41, 5.74) is 0. The van der Waals surface area contributed by atoms with Gasteiger partial charge in [-0.15, -0.1) is 0 Å². The van der Waals surface area contributed by atoms with E-state index in [-0.39, 0.29) is 6.03 Å². The van der Waals surface area contributed by atoms with E-state index in [1.807, 2.05) is 4.90 Å². The SMILES string of the molecule is CC(C(=O)O)N1CCN(C(=O)NCCc2ncon2)CC1. The van der Waals surface area contributed by atoms with Crippen molar-refractivity contribution in [3.63, 3.8) is 0 Å². The molecule has 9 nitrogen and oxygen atoms in total. The van der Waals surface area contributed by atoms with Crippen LogP contribution in [-0.2, 0) is 11.2 Å². The standard InChI is InChI=1S/C12H19N5O4/c1-9(11(18)19)16-4-6-17(7-5-16)12(20)13-3-2-10-14-8-21-15-10/h8-9H,2-7H2,1H3,(H,13,20)(H,18,19). The number of aromatic nitrogens is 2. The molecule has 2 heterocycles. The summed E-state index contributed by atoms with van der Waals surface area (Å²) in [7, 11) is 0. The van der Waals surface area contributed by atoms with Gasteiger partial charge in [-0.1, -0.05) is 5.16 Å². The highest BCUT2D eigenvalue weighted by atomic mass is 16.5. The van der Waals surface area contributed by atoms with Crippen LogP contribution in [0.5, 0.6) is 0 Å². The van der Waals surface area contributed by atoms with Gasteiger partial charge < -0.3 is 19.8 Å². The molecule has 1 aliphatic rings. The smallest absolute Gasteiger partial charge is 0.320 e. The Morgan fingerprint density at radius 2 is 2.14 bits per heavy atom. The van der Waals surface area contributed by atoms with E-state index in [4.69, 9.17) is 5.11 Å². The fourth-order valence-electron chi connectivity index (χ4n) is 2.16. The highest BCUT2D eigenvalue weighted by Crippen LogP contribution is 2.06. The molecule has 0 spiro atoms. The summed E-state index contributed by atoms with van der Waals surface area (Å²) in [6, 6.07) is -0.672. The van der Waals surface area contributed by atoms with Gasteiger partial charge in [-0.05, 0) is 6.92 Å². The lowest BCUT2D eigenvalue weighted by molar-refractivity contribution is -0.143. The first-order chi connectivity index (χ1) is 10.1. The van der Waals surface area contributed by atoms with Crippen molar-refractivity contribution in [3.8, 4) is 0 Å². The van der Waals surface area contributed by atoms with Crippen LogP contribution in [0.15, 0.2) is 10.9 Å². The zero-order chi connectivity index (χ0) is 15.2. The van der Waals surface area contributed by atoms with Crippen molar-refractivity contribution in [2.24, 2.45) is 0 Å². The lowest BCUT2D eigenvalue weighted by atomic mass is 10.2. The summed E-state index contributed by atoms with van der Waals surface area (Å²) in [5, 5.41) is 15.4. The van der Waals surface area contributed by atoms with Crippen molar-refractivity contribution in [2.75, 3.05) is 32.7 Å². The lowest BCUT2D eigenvalue weighted by Gasteiger charge is -2.36. The van der Waals surface area contributed by atoms with E-state index in [9.17, 15) is 9.59 Å². The summed E-state index contributed by atoms with van der Waals surface area (Å²) in [4.78, 5) is 30.3. The Labute approximate surface area is 121 Å². The second-order valence-corrected chi connectivity index (χ2v) is 4.87. The number of carbonyl (C=O) groups is 2. The Hall–Kier alpha value is -2.16. The monoisotopic (exact) mass is 297 g/mol. The number of hydrogen-bond donors (Lipinski definition) is 2. The molecule has 2 amide bonds. The van der Waals surface area contributed by atoms with Crippen LogP contribution < -0.4 is 5.32 Å². The van der Waals surface area contributed by atoms with Crippen LogP contribution in [-0.4, -0.2) is 75.8 Å². The molecule has 0 radical (unpaired) electrons. The molecule has 2 N–H and O–H groups in total. The molecular formula is C12H19N5O4. The van der Waals surface area contributed by atoms with E-state index in [1.165, 1.54) is 6.39 Å². The van der Waals surface area contributed by atoms with Crippen LogP contribution in [0.1, 0.15) is 12.7 Å². The van der Waals surface area contributed by atoms with Crippen LogP contribution in [0.4, 0.5) is 4.79 Å². The number of carboxylic acid groups (broad SMARTS) is 1. The van der Waals surface area contributed by atoms with E-state index in [2.05, 4.69) is 20.0 Å². The first-order valence-electron chi connectivity index (χ1n) is 6.83. The van der Waals surface area contributed by atoms with Crippen molar-refractivity contribution in [2.45, 2.75) is 19.4 Å². The number of aliphatic carboxylic acids is 1. The van der Waals surface area contributed by atoms with Gasteiger partial charge in [0.1, 0.15) is 6.04 Å². The number of carboxylic acids is 1. The van der Waals surface area contributed by atoms with E-state index < -0.39 is 12.0 Å². The third-order valence-corrected chi connectivity index (χ3v) is 3.54. The molecule has 0 saturated carbocycles. The molecule has 1 aromatic heterocycles. The van der Waals surface area contributed by atoms with Gasteiger partial charge in [0.25, 0.3) is 0 Å². The maximum absolute atomic E-state index is 12.0. The molecule has 0 aromatic carbocycles. The molecular weight excluding hydrogens is 278 g/mol. The lowest BCUT2D eigenvalue weighted by Crippen LogP contribution is -2.55. The molecule has 9 heteroatoms. The topological polar surface area (TPSA) is 112 Å². The minimum atomic E-state index is -0.840. The number of nitrogens with one attached hydrogen (secondary N) is 1. The summed E-state index contributed by atoms with van der Waals surface area (Å²) in [6.07, 6.45) is 1.76. The van der Waals surface area contributed by atoms with E-state index in [0.717, 1.165) is 0 Å². The zero-order valence-corrected chi connectivity index (χ0v) is 11.9. The van der Waals surface area contributed by atoms with Gasteiger partial charge in [0.15, 0.2) is 5.82 Å². The fourth-order valence-corrected chi connectivity index (χ4v) is 2.16. The average molecular weight is 297 g/mol. The van der Waals surface area contributed by atoms with E-state index >= 15 is 0 Å². The zero-order valence-electron chi connectivity index (χ0n) is 11.9. The third-order valence-electron chi connectivity index (χ3n) is 3.54. The van der Waals surface area contributed by atoms with Crippen molar-refractivity contribution < 1.29 is 19.2 Å². The number of carbonyl (C=O) groups excluding carboxylic acids is 1. The molecule has 1 fully saturated rings. The number of urea groups is 1. The minimum absolute atomic E-state index is 0.152. The number of rotatable bonds is 5. The number of hydrogen-bond acceptors (Lipinski definition) is 6. The highest BCUT2D eigenvalue weighted by molar-refractivity contribution is 5.74. The van der Waals surface area contributed by atoms with Gasteiger partial charge in [0.05, 0.1) is 0 Å². The Kier molecular flexibility index (Phi) is 5.09. The van der Waals surface area contributed by atoms with Crippen LogP contribution in [0.3, 0.4) is 0 Å². The van der Waals surface area contributed by atoms with Gasteiger partial charge in [-0.25, -0.2) is 4.79 Å². The molecule has 1 atom stereocenters. The normalized spacial score (nSPS) is 17.5. The Bertz CT molecular complexity index is 470. The summed E-state index contributed by atoms with van der Waals surface area (Å²) < 4.78 is 4.60. The largest absolute Gasteiger partial charge is 0.480 e. The van der Waals surface area contributed by atoms with Gasteiger partial charge in [0.2, 0.25) is 6.39 Å². The van der Waals surface area contributed by atoms with Crippen LogP contribution in [0.2, 0.25) is 0 Å².